The molecule has 0 aliphatic rings. The molecule has 0 amide bonds. The van der Waals surface area contributed by atoms with E-state index in [0.717, 1.165) is 0 Å². The van der Waals surface area contributed by atoms with E-state index in [9.17, 15) is 9.90 Å². The molecule has 1 heterocycles. The molecule has 0 aliphatic heterocycles. The number of esters is 1. The number of ether oxygens (including phenoxy) is 3. The minimum absolute atomic E-state index is 0.0662. The van der Waals surface area contributed by atoms with Crippen molar-refractivity contribution in [3.63, 3.8) is 0 Å². The number of aromatic nitrogens is 2. The summed E-state index contributed by atoms with van der Waals surface area (Å²) in [7, 11) is 3.09. The van der Waals surface area contributed by atoms with E-state index in [2.05, 4.69) is 10.1 Å². The van der Waals surface area contributed by atoms with Gasteiger partial charge in [0.2, 0.25) is 5.82 Å². The van der Waals surface area contributed by atoms with Gasteiger partial charge in [-0.15, -0.1) is 0 Å². The van der Waals surface area contributed by atoms with Gasteiger partial charge in [0.05, 0.1) is 25.3 Å². The lowest BCUT2D eigenvalue weighted by atomic mass is 10.2. The lowest BCUT2D eigenvalue weighted by Gasteiger charge is -2.07. The molecule has 2 aromatic carbocycles. The van der Waals surface area contributed by atoms with Gasteiger partial charge in [0.25, 0.3) is 5.89 Å². The van der Waals surface area contributed by atoms with Crippen LogP contribution in [0, 0.1) is 0 Å². The molecule has 1 aromatic heterocycles. The second-order valence-corrected chi connectivity index (χ2v) is 5.20. The Bertz CT molecular complexity index is 904. The van der Waals surface area contributed by atoms with Crippen molar-refractivity contribution in [2.24, 2.45) is 0 Å². The molecule has 3 rings (SSSR count). The van der Waals surface area contributed by atoms with Crippen molar-refractivity contribution in [2.45, 2.75) is 6.61 Å². The number of aromatic hydroxyl groups is 1. The van der Waals surface area contributed by atoms with Crippen LogP contribution in [0.4, 0.5) is 0 Å². The van der Waals surface area contributed by atoms with Crippen LogP contribution < -0.4 is 9.47 Å². The third-order valence-corrected chi connectivity index (χ3v) is 3.55. The van der Waals surface area contributed by atoms with Gasteiger partial charge in [-0.25, -0.2) is 4.79 Å². The molecule has 26 heavy (non-hydrogen) atoms. The van der Waals surface area contributed by atoms with Crippen LogP contribution >= 0.6 is 0 Å². The van der Waals surface area contributed by atoms with Gasteiger partial charge < -0.3 is 23.8 Å². The molecule has 0 bridgehead atoms. The van der Waals surface area contributed by atoms with E-state index in [4.69, 9.17) is 18.7 Å². The van der Waals surface area contributed by atoms with Crippen LogP contribution in [0.1, 0.15) is 16.2 Å². The van der Waals surface area contributed by atoms with E-state index in [1.165, 1.54) is 31.4 Å². The second-order valence-electron chi connectivity index (χ2n) is 5.20. The minimum atomic E-state index is -0.563. The first kappa shape index (κ1) is 17.3. The van der Waals surface area contributed by atoms with E-state index < -0.39 is 5.97 Å². The molecule has 134 valence electrons. The zero-order chi connectivity index (χ0) is 18.5. The number of carbonyl (C=O) groups is 1. The Kier molecular flexibility index (Phi) is 5.02. The highest BCUT2D eigenvalue weighted by molar-refractivity contribution is 5.89. The van der Waals surface area contributed by atoms with Crippen LogP contribution in [0.3, 0.4) is 0 Å². The summed E-state index contributed by atoms with van der Waals surface area (Å²) in [5.74, 6) is 1.11. The molecule has 3 aromatic rings. The van der Waals surface area contributed by atoms with Gasteiger partial charge in [0.15, 0.2) is 6.61 Å². The summed E-state index contributed by atoms with van der Waals surface area (Å²) in [6.07, 6.45) is 0. The normalized spacial score (nSPS) is 10.4. The highest BCUT2D eigenvalue weighted by Crippen LogP contribution is 2.31. The highest BCUT2D eigenvalue weighted by atomic mass is 16.6. The number of benzene rings is 2. The number of methoxy groups -OCH3 is 2. The summed E-state index contributed by atoms with van der Waals surface area (Å²) < 4.78 is 20.7. The molecule has 0 saturated heterocycles. The van der Waals surface area contributed by atoms with Gasteiger partial charge in [0, 0.05) is 6.07 Å². The van der Waals surface area contributed by atoms with Crippen molar-refractivity contribution in [2.75, 3.05) is 14.2 Å². The molecule has 0 unspecified atom stereocenters. The molecule has 8 heteroatoms. The van der Waals surface area contributed by atoms with E-state index >= 15 is 0 Å². The third kappa shape index (κ3) is 3.75. The molecule has 0 aliphatic carbocycles. The third-order valence-electron chi connectivity index (χ3n) is 3.55. The summed E-state index contributed by atoms with van der Waals surface area (Å²) >= 11 is 0. The second kappa shape index (κ2) is 7.56. The van der Waals surface area contributed by atoms with Gasteiger partial charge in [-0.1, -0.05) is 5.16 Å². The van der Waals surface area contributed by atoms with Gasteiger partial charge >= 0.3 is 5.97 Å². The van der Waals surface area contributed by atoms with E-state index in [0.29, 0.717) is 28.5 Å². The molecule has 1 N–H and O–H groups in total. The number of carbonyl (C=O) groups excluding carboxylic acids is 1. The Morgan fingerprint density at radius 1 is 1.12 bits per heavy atom. The maximum atomic E-state index is 11.9. The molecule has 0 radical (unpaired) electrons. The van der Waals surface area contributed by atoms with Crippen LogP contribution in [0.2, 0.25) is 0 Å². The zero-order valence-electron chi connectivity index (χ0n) is 14.1. The number of hydrogen-bond donors (Lipinski definition) is 1. The van der Waals surface area contributed by atoms with Crippen LogP contribution in [-0.4, -0.2) is 35.4 Å². The molecule has 0 fully saturated rings. The number of phenolic OH excluding ortho intramolecular Hbond substituents is 1. The fourth-order valence-corrected chi connectivity index (χ4v) is 2.21. The number of nitrogens with zero attached hydrogens (tertiary/aromatic N) is 2. The fourth-order valence-electron chi connectivity index (χ4n) is 2.21. The maximum Gasteiger partial charge on any atom is 0.338 e. The van der Waals surface area contributed by atoms with Crippen molar-refractivity contribution in [3.8, 4) is 28.6 Å². The summed E-state index contributed by atoms with van der Waals surface area (Å²) in [6.45, 7) is -0.175. The van der Waals surface area contributed by atoms with Gasteiger partial charge in [-0.2, -0.15) is 4.98 Å². The van der Waals surface area contributed by atoms with Crippen molar-refractivity contribution in [1.29, 1.82) is 0 Å². The number of rotatable bonds is 6. The monoisotopic (exact) mass is 356 g/mol. The van der Waals surface area contributed by atoms with Crippen LogP contribution in [-0.2, 0) is 11.3 Å². The lowest BCUT2D eigenvalue weighted by Crippen LogP contribution is -2.05. The SMILES string of the molecule is COc1ccc(-c2noc(COC(=O)c3ccc(O)cc3)n2)c(OC)c1. The van der Waals surface area contributed by atoms with Crippen molar-refractivity contribution in [3.05, 3.63) is 53.9 Å². The Balaban J connectivity index is 1.70. The molecule has 8 nitrogen and oxygen atoms in total. The fraction of sp³-hybridized carbons (Fsp3) is 0.167. The molecule has 0 saturated carbocycles. The van der Waals surface area contributed by atoms with Gasteiger partial charge in [0.1, 0.15) is 17.2 Å². The first-order chi connectivity index (χ1) is 12.6. The largest absolute Gasteiger partial charge is 0.508 e. The summed E-state index contributed by atoms with van der Waals surface area (Å²) in [6, 6.07) is 10.9. The van der Waals surface area contributed by atoms with Gasteiger partial charge in [-0.05, 0) is 36.4 Å². The summed E-state index contributed by atoms with van der Waals surface area (Å²) in [5, 5.41) is 13.1. The summed E-state index contributed by atoms with van der Waals surface area (Å²) in [5.41, 5.74) is 0.924. The predicted octanol–water partition coefficient (Wildman–Crippen LogP) is 2.82. The van der Waals surface area contributed by atoms with Crippen LogP contribution in [0.25, 0.3) is 11.4 Å². The van der Waals surface area contributed by atoms with E-state index in [1.807, 2.05) is 0 Å². The molecule has 0 atom stereocenters. The highest BCUT2D eigenvalue weighted by Gasteiger charge is 2.16. The maximum absolute atomic E-state index is 11.9. The first-order valence-corrected chi connectivity index (χ1v) is 7.62. The Morgan fingerprint density at radius 2 is 1.88 bits per heavy atom. The average molecular weight is 356 g/mol. The quantitative estimate of drug-likeness (QED) is 0.672. The first-order valence-electron chi connectivity index (χ1n) is 7.62. The molecular formula is C18H16N2O6. The lowest BCUT2D eigenvalue weighted by molar-refractivity contribution is 0.0430. The topological polar surface area (TPSA) is 104 Å². The predicted molar refractivity (Wildman–Crippen MR) is 90.1 cm³/mol. The van der Waals surface area contributed by atoms with Crippen LogP contribution in [0.5, 0.6) is 17.2 Å². The standard InChI is InChI=1S/C18H16N2O6/c1-23-13-7-8-14(15(9-13)24-2)17-19-16(26-20-17)10-25-18(22)11-3-5-12(21)6-4-11/h3-9,21H,10H2,1-2H3. The Morgan fingerprint density at radius 3 is 2.58 bits per heavy atom. The van der Waals surface area contributed by atoms with E-state index in [-0.39, 0.29) is 18.2 Å². The van der Waals surface area contributed by atoms with Crippen LogP contribution in [0.15, 0.2) is 47.0 Å². The summed E-state index contributed by atoms with van der Waals surface area (Å²) in [4.78, 5) is 16.2. The van der Waals surface area contributed by atoms with Gasteiger partial charge in [-0.3, -0.25) is 0 Å². The number of phenols is 1. The Labute approximate surface area is 148 Å². The molecular weight excluding hydrogens is 340 g/mol. The minimum Gasteiger partial charge on any atom is -0.508 e. The molecule has 0 spiro atoms. The van der Waals surface area contributed by atoms with Crippen molar-refractivity contribution in [1.82, 2.24) is 10.1 Å². The van der Waals surface area contributed by atoms with Crippen molar-refractivity contribution < 1.29 is 28.6 Å². The number of hydrogen-bond acceptors (Lipinski definition) is 8. The average Bonchev–Trinajstić information content (AvgIpc) is 3.15. The van der Waals surface area contributed by atoms with E-state index in [1.54, 1.807) is 25.3 Å². The zero-order valence-corrected chi connectivity index (χ0v) is 14.1. The smallest absolute Gasteiger partial charge is 0.338 e. The Hall–Kier alpha value is -3.55. The van der Waals surface area contributed by atoms with Crippen molar-refractivity contribution >= 4 is 5.97 Å².